The topological polar surface area (TPSA) is 82.5 Å². The molecule has 0 N–H and O–H groups in total. The molecule has 0 bridgehead atoms. The molecule has 1 heterocycles. The molecule has 1 atom stereocenters. The monoisotopic (exact) mass is 374 g/mol. The van der Waals surface area contributed by atoms with E-state index in [-0.39, 0.29) is 17.4 Å². The van der Waals surface area contributed by atoms with Crippen molar-refractivity contribution in [1.29, 1.82) is 10.5 Å². The predicted octanol–water partition coefficient (Wildman–Crippen LogP) is 4.24. The van der Waals surface area contributed by atoms with Crippen LogP contribution in [0.1, 0.15) is 26.7 Å². The lowest BCUT2D eigenvalue weighted by Crippen LogP contribution is -2.25. The van der Waals surface area contributed by atoms with Crippen LogP contribution >= 0.6 is 23.4 Å². The lowest BCUT2D eigenvalue weighted by Gasteiger charge is -2.15. The maximum atomic E-state index is 12.9. The Hall–Kier alpha value is -2.02. The van der Waals surface area contributed by atoms with E-state index in [2.05, 4.69) is 17.1 Å². The lowest BCUT2D eigenvalue weighted by atomic mass is 10.1. The predicted molar refractivity (Wildman–Crippen MR) is 101 cm³/mol. The summed E-state index contributed by atoms with van der Waals surface area (Å²) >= 11 is 7.41. The number of hydrogen-bond acceptors (Lipinski definition) is 5. The van der Waals surface area contributed by atoms with Gasteiger partial charge in [-0.3, -0.25) is 9.36 Å². The summed E-state index contributed by atoms with van der Waals surface area (Å²) in [4.78, 5) is 17.5. The van der Waals surface area contributed by atoms with E-state index in [9.17, 15) is 10.1 Å². The molecule has 130 valence electrons. The number of rotatable bonds is 7. The number of hydrogen-bond donors (Lipinski definition) is 0. The Bertz CT molecular complexity index is 895. The van der Waals surface area contributed by atoms with Gasteiger partial charge in [-0.05, 0) is 30.5 Å². The highest BCUT2D eigenvalue weighted by atomic mass is 35.5. The zero-order valence-corrected chi connectivity index (χ0v) is 15.8. The third kappa shape index (κ3) is 4.98. The van der Waals surface area contributed by atoms with Gasteiger partial charge in [0.1, 0.15) is 0 Å². The van der Waals surface area contributed by atoms with Crippen LogP contribution in [0.25, 0.3) is 10.9 Å². The fourth-order valence-electron chi connectivity index (χ4n) is 2.41. The molecule has 0 aliphatic rings. The van der Waals surface area contributed by atoms with Crippen LogP contribution < -0.4 is 5.56 Å². The SMILES string of the molecule is CC(C)Cn1c(SC[C@@H](C#N)CCC#N)nc2ccc(Cl)cc2c1=O. The average molecular weight is 375 g/mol. The molecule has 2 aromatic rings. The summed E-state index contributed by atoms with van der Waals surface area (Å²) < 4.78 is 1.66. The maximum Gasteiger partial charge on any atom is 0.262 e. The van der Waals surface area contributed by atoms with Gasteiger partial charge in [-0.15, -0.1) is 0 Å². The van der Waals surface area contributed by atoms with Crippen LogP contribution in [0.2, 0.25) is 5.02 Å². The summed E-state index contributed by atoms with van der Waals surface area (Å²) in [6, 6.07) is 9.37. The largest absolute Gasteiger partial charge is 0.287 e. The van der Waals surface area contributed by atoms with Crippen molar-refractivity contribution in [2.75, 3.05) is 5.75 Å². The van der Waals surface area contributed by atoms with Crippen LogP contribution in [0.3, 0.4) is 0 Å². The second-order valence-electron chi connectivity index (χ2n) is 6.20. The summed E-state index contributed by atoms with van der Waals surface area (Å²) in [5.74, 6) is 0.540. The van der Waals surface area contributed by atoms with Gasteiger partial charge < -0.3 is 0 Å². The van der Waals surface area contributed by atoms with Crippen molar-refractivity contribution in [3.8, 4) is 12.1 Å². The second-order valence-corrected chi connectivity index (χ2v) is 7.62. The number of benzene rings is 1. The summed E-state index contributed by atoms with van der Waals surface area (Å²) in [7, 11) is 0. The van der Waals surface area contributed by atoms with Crippen molar-refractivity contribution >= 4 is 34.3 Å². The first-order valence-electron chi connectivity index (χ1n) is 8.05. The van der Waals surface area contributed by atoms with Gasteiger partial charge in [-0.2, -0.15) is 10.5 Å². The van der Waals surface area contributed by atoms with Crippen molar-refractivity contribution in [2.24, 2.45) is 11.8 Å². The lowest BCUT2D eigenvalue weighted by molar-refractivity contribution is 0.475. The molecule has 0 aliphatic heterocycles. The standard InChI is InChI=1S/C18H19ClN4OS/c1-12(2)10-23-17(24)15-8-14(19)5-6-16(15)22-18(23)25-11-13(9-21)4-3-7-20/h5-6,8,12-13H,3-4,10-11H2,1-2H3/t13-/m1/s1. The Morgan fingerprint density at radius 1 is 1.36 bits per heavy atom. The number of nitriles is 2. The minimum atomic E-state index is -0.241. The van der Waals surface area contributed by atoms with Crippen molar-refractivity contribution in [3.63, 3.8) is 0 Å². The van der Waals surface area contributed by atoms with Crippen molar-refractivity contribution in [2.45, 2.75) is 38.4 Å². The number of thioether (sulfide) groups is 1. The third-order valence-corrected chi connectivity index (χ3v) is 5.00. The van der Waals surface area contributed by atoms with Crippen LogP contribution in [0.4, 0.5) is 0 Å². The highest BCUT2D eigenvalue weighted by Gasteiger charge is 2.15. The van der Waals surface area contributed by atoms with Crippen LogP contribution in [-0.2, 0) is 6.54 Å². The van der Waals surface area contributed by atoms with Crippen molar-refractivity contribution in [3.05, 3.63) is 33.6 Å². The van der Waals surface area contributed by atoms with Crippen molar-refractivity contribution in [1.82, 2.24) is 9.55 Å². The highest BCUT2D eigenvalue weighted by molar-refractivity contribution is 7.99. The molecule has 0 saturated carbocycles. The molecular weight excluding hydrogens is 356 g/mol. The van der Waals surface area contributed by atoms with Crippen molar-refractivity contribution < 1.29 is 0 Å². The molecule has 7 heteroatoms. The fourth-order valence-corrected chi connectivity index (χ4v) is 3.65. The number of fused-ring (bicyclic) bond motifs is 1. The van der Waals surface area contributed by atoms with Gasteiger partial charge in [-0.1, -0.05) is 37.2 Å². The highest BCUT2D eigenvalue weighted by Crippen LogP contribution is 2.24. The molecule has 0 fully saturated rings. The molecule has 0 unspecified atom stereocenters. The summed E-state index contributed by atoms with van der Waals surface area (Å²) in [5.41, 5.74) is 0.483. The van der Waals surface area contributed by atoms with E-state index in [0.29, 0.717) is 46.2 Å². The molecular formula is C18H19ClN4OS. The first-order valence-corrected chi connectivity index (χ1v) is 9.42. The summed E-state index contributed by atoms with van der Waals surface area (Å²) in [6.45, 7) is 4.62. The fraction of sp³-hybridized carbons (Fsp3) is 0.444. The van der Waals surface area contributed by atoms with Crippen LogP contribution in [0.5, 0.6) is 0 Å². The Kier molecular flexibility index (Phi) is 6.87. The van der Waals surface area contributed by atoms with Gasteiger partial charge >= 0.3 is 0 Å². The number of halogens is 1. The molecule has 1 aromatic heterocycles. The molecule has 1 aromatic carbocycles. The second kappa shape index (κ2) is 8.89. The normalized spacial score (nSPS) is 12.1. The molecule has 0 spiro atoms. The van der Waals surface area contributed by atoms with E-state index in [1.165, 1.54) is 11.8 Å². The van der Waals surface area contributed by atoms with Gasteiger partial charge in [0.05, 0.1) is 29.0 Å². The van der Waals surface area contributed by atoms with Gasteiger partial charge in [0.2, 0.25) is 0 Å². The Morgan fingerprint density at radius 3 is 2.76 bits per heavy atom. The molecule has 0 aliphatic carbocycles. The molecule has 25 heavy (non-hydrogen) atoms. The van der Waals surface area contributed by atoms with Gasteiger partial charge in [0, 0.05) is 23.7 Å². The Balaban J connectivity index is 2.40. The third-order valence-electron chi connectivity index (χ3n) is 3.63. The summed E-state index contributed by atoms with van der Waals surface area (Å²) in [5, 5.41) is 19.5. The molecule has 0 saturated heterocycles. The van der Waals surface area contributed by atoms with E-state index < -0.39 is 0 Å². The van der Waals surface area contributed by atoms with Crippen LogP contribution in [0, 0.1) is 34.5 Å². The Labute approximate surface area is 156 Å². The van der Waals surface area contributed by atoms with E-state index >= 15 is 0 Å². The minimum absolute atomic E-state index is 0.116. The van der Waals surface area contributed by atoms with E-state index in [0.717, 1.165) is 0 Å². The molecule has 0 amide bonds. The molecule has 0 radical (unpaired) electrons. The zero-order chi connectivity index (χ0) is 18.4. The average Bonchev–Trinajstić information content (AvgIpc) is 2.58. The van der Waals surface area contributed by atoms with Gasteiger partial charge in [0.15, 0.2) is 5.16 Å². The smallest absolute Gasteiger partial charge is 0.262 e. The molecule has 2 rings (SSSR count). The van der Waals surface area contributed by atoms with E-state index in [1.807, 2.05) is 13.8 Å². The quantitative estimate of drug-likeness (QED) is 0.534. The first kappa shape index (κ1) is 19.3. The summed E-state index contributed by atoms with van der Waals surface area (Å²) in [6.07, 6.45) is 0.874. The first-order chi connectivity index (χ1) is 12.0. The van der Waals surface area contributed by atoms with Crippen LogP contribution in [0.15, 0.2) is 28.2 Å². The minimum Gasteiger partial charge on any atom is -0.287 e. The maximum absolute atomic E-state index is 12.9. The number of nitrogens with zero attached hydrogens (tertiary/aromatic N) is 4. The van der Waals surface area contributed by atoms with E-state index in [1.54, 1.807) is 22.8 Å². The Morgan fingerprint density at radius 2 is 2.12 bits per heavy atom. The number of aromatic nitrogens is 2. The van der Waals surface area contributed by atoms with Gasteiger partial charge in [-0.25, -0.2) is 4.98 Å². The zero-order valence-electron chi connectivity index (χ0n) is 14.2. The van der Waals surface area contributed by atoms with Crippen LogP contribution in [-0.4, -0.2) is 15.3 Å². The molecule has 5 nitrogen and oxygen atoms in total. The van der Waals surface area contributed by atoms with Gasteiger partial charge in [0.25, 0.3) is 5.56 Å². The van der Waals surface area contributed by atoms with E-state index in [4.69, 9.17) is 16.9 Å².